The number of hydrogen-bond donors (Lipinski definition) is 0. The van der Waals surface area contributed by atoms with Gasteiger partial charge in [0.15, 0.2) is 0 Å². The molecule has 0 spiro atoms. The molecule has 0 amide bonds. The predicted octanol–water partition coefficient (Wildman–Crippen LogP) is 2.72. The van der Waals surface area contributed by atoms with Gasteiger partial charge in [0.1, 0.15) is 22.5 Å². The Hall–Kier alpha value is -1.55. The summed E-state index contributed by atoms with van der Waals surface area (Å²) in [6, 6.07) is 5.12. The van der Waals surface area contributed by atoms with E-state index in [1.807, 2.05) is 19.1 Å². The van der Waals surface area contributed by atoms with Crippen LogP contribution in [0.3, 0.4) is 0 Å². The summed E-state index contributed by atoms with van der Waals surface area (Å²) in [5, 5.41) is 0.272. The third-order valence-corrected chi connectivity index (χ3v) is 3.25. The Morgan fingerprint density at radius 2 is 2.28 bits per heavy atom. The van der Waals surface area contributed by atoms with Crippen molar-refractivity contribution in [3.8, 4) is 0 Å². The van der Waals surface area contributed by atoms with Crippen molar-refractivity contribution in [3.05, 3.63) is 51.1 Å². The molecule has 0 atom stereocenters. The minimum Gasteiger partial charge on any atom is -0.464 e. The summed E-state index contributed by atoms with van der Waals surface area (Å²) >= 11 is 5.85. The zero-order chi connectivity index (χ0) is 12.7. The van der Waals surface area contributed by atoms with Crippen LogP contribution in [0.4, 0.5) is 0 Å². The molecule has 2 heterocycles. The van der Waals surface area contributed by atoms with E-state index in [4.69, 9.17) is 16.0 Å². The average Bonchev–Trinajstić information content (AvgIpc) is 3.06. The highest BCUT2D eigenvalue weighted by molar-refractivity contribution is 6.29. The van der Waals surface area contributed by atoms with E-state index in [0.29, 0.717) is 12.5 Å². The van der Waals surface area contributed by atoms with Crippen molar-refractivity contribution in [1.82, 2.24) is 9.55 Å². The molecule has 1 aliphatic rings. The first-order valence-corrected chi connectivity index (χ1v) is 6.34. The van der Waals surface area contributed by atoms with Crippen LogP contribution in [0.15, 0.2) is 27.4 Å². The van der Waals surface area contributed by atoms with E-state index in [1.165, 1.54) is 6.07 Å². The Morgan fingerprint density at radius 1 is 1.50 bits per heavy atom. The second kappa shape index (κ2) is 4.28. The van der Waals surface area contributed by atoms with Gasteiger partial charge in [-0.2, -0.15) is 0 Å². The lowest BCUT2D eigenvalue weighted by Crippen LogP contribution is -2.24. The highest BCUT2D eigenvalue weighted by Gasteiger charge is 2.29. The summed E-state index contributed by atoms with van der Waals surface area (Å²) in [4.78, 5) is 16.3. The molecule has 18 heavy (non-hydrogen) atoms. The van der Waals surface area contributed by atoms with Crippen LogP contribution in [-0.2, 0) is 6.54 Å². The molecule has 2 aromatic rings. The third-order valence-electron chi connectivity index (χ3n) is 3.06. The fourth-order valence-corrected chi connectivity index (χ4v) is 2.21. The summed E-state index contributed by atoms with van der Waals surface area (Å²) in [6.45, 7) is 2.30. The van der Waals surface area contributed by atoms with Gasteiger partial charge in [-0.05, 0) is 31.9 Å². The quantitative estimate of drug-likeness (QED) is 0.801. The molecule has 0 unspecified atom stereocenters. The molecule has 94 valence electrons. The SMILES string of the molecule is Cc1ccc(Cn2c(C3CC3)nc(Cl)cc2=O)o1. The van der Waals surface area contributed by atoms with Gasteiger partial charge in [-0.1, -0.05) is 11.6 Å². The maximum absolute atomic E-state index is 12.0. The zero-order valence-corrected chi connectivity index (χ0v) is 10.8. The first-order chi connectivity index (χ1) is 8.63. The van der Waals surface area contributed by atoms with Gasteiger partial charge in [-0.3, -0.25) is 9.36 Å². The lowest BCUT2D eigenvalue weighted by atomic mass is 10.3. The number of aryl methyl sites for hydroxylation is 1. The van der Waals surface area contributed by atoms with E-state index in [2.05, 4.69) is 4.98 Å². The Bertz CT molecular complexity index is 641. The highest BCUT2D eigenvalue weighted by Crippen LogP contribution is 2.38. The van der Waals surface area contributed by atoms with Gasteiger partial charge in [0, 0.05) is 12.0 Å². The number of aromatic nitrogens is 2. The first kappa shape index (κ1) is 11.5. The van der Waals surface area contributed by atoms with Crippen LogP contribution in [0.25, 0.3) is 0 Å². The van der Waals surface area contributed by atoms with Gasteiger partial charge in [0.25, 0.3) is 5.56 Å². The number of rotatable bonds is 3. The summed E-state index contributed by atoms with van der Waals surface area (Å²) in [5.74, 6) is 2.75. The standard InChI is InChI=1S/C13H13ClN2O2/c1-8-2-5-10(18-8)7-16-12(17)6-11(14)15-13(16)9-3-4-9/h2,5-6,9H,3-4,7H2,1H3. The van der Waals surface area contributed by atoms with Crippen LogP contribution in [-0.4, -0.2) is 9.55 Å². The highest BCUT2D eigenvalue weighted by atomic mass is 35.5. The van der Waals surface area contributed by atoms with Crippen molar-refractivity contribution < 1.29 is 4.42 Å². The number of hydrogen-bond acceptors (Lipinski definition) is 3. The van der Waals surface area contributed by atoms with Crippen molar-refractivity contribution in [1.29, 1.82) is 0 Å². The Balaban J connectivity index is 2.02. The van der Waals surface area contributed by atoms with E-state index >= 15 is 0 Å². The van der Waals surface area contributed by atoms with Crippen LogP contribution in [0, 0.1) is 6.92 Å². The molecule has 0 N–H and O–H groups in total. The monoisotopic (exact) mass is 264 g/mol. The maximum Gasteiger partial charge on any atom is 0.255 e. The maximum atomic E-state index is 12.0. The van der Waals surface area contributed by atoms with Crippen LogP contribution < -0.4 is 5.56 Å². The molecule has 1 fully saturated rings. The van der Waals surface area contributed by atoms with Crippen LogP contribution in [0.1, 0.15) is 36.1 Å². The average molecular weight is 265 g/mol. The third kappa shape index (κ3) is 2.20. The van der Waals surface area contributed by atoms with Crippen molar-refractivity contribution in [2.24, 2.45) is 0 Å². The second-order valence-corrected chi connectivity index (χ2v) is 5.04. The largest absolute Gasteiger partial charge is 0.464 e. The van der Waals surface area contributed by atoms with Gasteiger partial charge >= 0.3 is 0 Å². The van der Waals surface area contributed by atoms with Gasteiger partial charge in [0.2, 0.25) is 0 Å². The summed E-state index contributed by atoms with van der Waals surface area (Å²) in [5.41, 5.74) is -0.119. The topological polar surface area (TPSA) is 48.0 Å². The first-order valence-electron chi connectivity index (χ1n) is 5.96. The minimum absolute atomic E-state index is 0.119. The molecule has 0 aliphatic heterocycles. The summed E-state index contributed by atoms with van der Waals surface area (Å²) < 4.78 is 7.16. The van der Waals surface area contributed by atoms with E-state index in [9.17, 15) is 4.79 Å². The van der Waals surface area contributed by atoms with Crippen molar-refractivity contribution in [3.63, 3.8) is 0 Å². The Morgan fingerprint density at radius 3 is 2.89 bits per heavy atom. The Kier molecular flexibility index (Phi) is 2.74. The smallest absolute Gasteiger partial charge is 0.255 e. The van der Waals surface area contributed by atoms with Crippen LogP contribution >= 0.6 is 11.6 Å². The molecule has 4 nitrogen and oxygen atoms in total. The molecule has 0 bridgehead atoms. The van der Waals surface area contributed by atoms with Crippen LogP contribution in [0.5, 0.6) is 0 Å². The molecule has 2 aromatic heterocycles. The van der Waals surface area contributed by atoms with Crippen molar-refractivity contribution in [2.45, 2.75) is 32.2 Å². The lowest BCUT2D eigenvalue weighted by molar-refractivity contribution is 0.460. The predicted molar refractivity (Wildman–Crippen MR) is 68.0 cm³/mol. The minimum atomic E-state index is -0.119. The molecule has 0 aromatic carbocycles. The lowest BCUT2D eigenvalue weighted by Gasteiger charge is -2.09. The van der Waals surface area contributed by atoms with Crippen LogP contribution in [0.2, 0.25) is 5.15 Å². The fourth-order valence-electron chi connectivity index (χ4n) is 2.03. The summed E-state index contributed by atoms with van der Waals surface area (Å²) in [7, 11) is 0. The molecular formula is C13H13ClN2O2. The fraction of sp³-hybridized carbons (Fsp3) is 0.385. The normalized spacial score (nSPS) is 15.0. The van der Waals surface area contributed by atoms with E-state index < -0.39 is 0 Å². The van der Waals surface area contributed by atoms with Gasteiger partial charge in [-0.15, -0.1) is 0 Å². The molecule has 1 aliphatic carbocycles. The molecule has 1 saturated carbocycles. The molecule has 0 radical (unpaired) electrons. The number of halogens is 1. The molecule has 3 rings (SSSR count). The van der Waals surface area contributed by atoms with Gasteiger partial charge in [-0.25, -0.2) is 4.98 Å². The van der Waals surface area contributed by atoms with E-state index in [1.54, 1.807) is 4.57 Å². The summed E-state index contributed by atoms with van der Waals surface area (Å²) in [6.07, 6.45) is 2.15. The van der Waals surface area contributed by atoms with E-state index in [0.717, 1.165) is 30.2 Å². The molecule has 5 heteroatoms. The zero-order valence-electron chi connectivity index (χ0n) is 10.0. The van der Waals surface area contributed by atoms with Crippen molar-refractivity contribution in [2.75, 3.05) is 0 Å². The number of furan rings is 1. The second-order valence-electron chi connectivity index (χ2n) is 4.65. The van der Waals surface area contributed by atoms with E-state index in [-0.39, 0.29) is 10.7 Å². The van der Waals surface area contributed by atoms with Gasteiger partial charge < -0.3 is 4.42 Å². The molecular weight excluding hydrogens is 252 g/mol. The number of nitrogens with zero attached hydrogens (tertiary/aromatic N) is 2. The van der Waals surface area contributed by atoms with Gasteiger partial charge in [0.05, 0.1) is 6.54 Å². The molecule has 0 saturated heterocycles. The Labute approximate surface area is 109 Å². The van der Waals surface area contributed by atoms with Crippen molar-refractivity contribution >= 4 is 11.6 Å².